The number of aliphatic imine (C=N–C) groups is 1. The number of hydrazine groups is 2. The lowest BCUT2D eigenvalue weighted by molar-refractivity contribution is -0.113. The largest absolute Gasteiger partial charge is 0.490 e. The van der Waals surface area contributed by atoms with Crippen LogP contribution < -0.4 is 21.4 Å². The van der Waals surface area contributed by atoms with Gasteiger partial charge in [0.15, 0.2) is 5.78 Å². The summed E-state index contributed by atoms with van der Waals surface area (Å²) in [5.41, 5.74) is 17.4. The van der Waals surface area contributed by atoms with E-state index in [2.05, 4.69) is 42.1 Å². The van der Waals surface area contributed by atoms with Gasteiger partial charge in [0.1, 0.15) is 5.75 Å². The smallest absolute Gasteiger partial charge is 0.163 e. The van der Waals surface area contributed by atoms with E-state index in [1.165, 1.54) is 38.3 Å². The fourth-order valence-electron chi connectivity index (χ4n) is 5.74. The van der Waals surface area contributed by atoms with Gasteiger partial charge in [0, 0.05) is 37.0 Å². The molecule has 7 heteroatoms. The van der Waals surface area contributed by atoms with Gasteiger partial charge in [0.2, 0.25) is 0 Å². The number of nitrogens with two attached hydrogens (primary N) is 1. The molecule has 5 rings (SSSR count). The number of ketones is 1. The zero-order valence-electron chi connectivity index (χ0n) is 22.6. The minimum absolute atomic E-state index is 0.0754. The van der Waals surface area contributed by atoms with Gasteiger partial charge in [-0.05, 0) is 74.4 Å². The zero-order chi connectivity index (χ0) is 26.6. The molecule has 2 aromatic carbocycles. The minimum atomic E-state index is -0.0754. The molecule has 3 atom stereocenters. The van der Waals surface area contributed by atoms with Crippen LogP contribution in [0.4, 0.5) is 5.69 Å². The Hall–Kier alpha value is -3.58. The van der Waals surface area contributed by atoms with Crippen LogP contribution in [-0.4, -0.2) is 29.7 Å². The van der Waals surface area contributed by atoms with E-state index in [0.29, 0.717) is 11.5 Å². The third-order valence-corrected chi connectivity index (χ3v) is 7.97. The highest BCUT2D eigenvalue weighted by Gasteiger charge is 2.46. The van der Waals surface area contributed by atoms with Crippen LogP contribution in [0.15, 0.2) is 77.2 Å². The van der Waals surface area contributed by atoms with Gasteiger partial charge in [0.05, 0.1) is 23.1 Å². The Morgan fingerprint density at radius 2 is 1.87 bits per heavy atom. The normalized spacial score (nSPS) is 23.0. The molecule has 1 aliphatic heterocycles. The number of nitrogens with one attached hydrogen (secondary N) is 2. The van der Waals surface area contributed by atoms with Gasteiger partial charge in [-0.25, -0.2) is 0 Å². The van der Waals surface area contributed by atoms with Crippen molar-refractivity contribution in [3.05, 3.63) is 72.2 Å². The summed E-state index contributed by atoms with van der Waals surface area (Å²) in [5.74, 6) is 1.85. The standard InChI is InChI=1S/C31H39N5O2/c1-20(37)29(18-32)31(28-17-27(28)30-19-36(3)35-34-30)33-25-13-7-11-23(15-25)24-12-8-14-26(16-24)38-21(2)22-9-5-4-6-10-22/h7-8,11-16,18-19,21-22,27-28,34-35H,4-6,9-10,17,32H2,1-3H3/t21-,27-,28-/m1/s1. The maximum atomic E-state index is 12.5. The van der Waals surface area contributed by atoms with E-state index in [1.54, 1.807) is 6.92 Å². The summed E-state index contributed by atoms with van der Waals surface area (Å²) < 4.78 is 6.38. The van der Waals surface area contributed by atoms with Crippen LogP contribution in [0, 0.1) is 17.8 Å². The SMILES string of the molecule is CC(=O)C(=CN)C(=Nc1cccc(-c2cccc(O[C@H](C)C3CCCCC3)c2)c1)[C@@H]1C[C@H]1C1=CN(C)NN1. The monoisotopic (exact) mass is 513 g/mol. The average molecular weight is 514 g/mol. The van der Waals surface area contributed by atoms with E-state index in [9.17, 15) is 4.79 Å². The molecule has 2 saturated carbocycles. The van der Waals surface area contributed by atoms with Gasteiger partial charge < -0.3 is 15.9 Å². The molecule has 0 amide bonds. The number of hydrogen-bond donors (Lipinski definition) is 3. The van der Waals surface area contributed by atoms with Crippen molar-refractivity contribution in [3.63, 3.8) is 0 Å². The number of ether oxygens (including phenoxy) is 1. The number of allylic oxidation sites excluding steroid dienone is 2. The van der Waals surface area contributed by atoms with Crippen LogP contribution in [0.2, 0.25) is 0 Å². The number of Topliss-reactive ketones (excluding diaryl/α,β-unsaturated/α-hetero) is 1. The Balaban J connectivity index is 1.38. The fourth-order valence-corrected chi connectivity index (χ4v) is 5.74. The summed E-state index contributed by atoms with van der Waals surface area (Å²) in [4.78, 5) is 17.5. The third kappa shape index (κ3) is 5.94. The zero-order valence-corrected chi connectivity index (χ0v) is 22.6. The van der Waals surface area contributed by atoms with Crippen molar-refractivity contribution in [1.29, 1.82) is 0 Å². The molecule has 2 aliphatic carbocycles. The van der Waals surface area contributed by atoms with Crippen LogP contribution in [-0.2, 0) is 4.79 Å². The first-order valence-electron chi connectivity index (χ1n) is 13.8. The highest BCUT2D eigenvalue weighted by Crippen LogP contribution is 2.47. The molecule has 38 heavy (non-hydrogen) atoms. The quantitative estimate of drug-likeness (QED) is 0.297. The topological polar surface area (TPSA) is 92.0 Å². The molecule has 0 aromatic heterocycles. The van der Waals surface area contributed by atoms with Gasteiger partial charge in [0.25, 0.3) is 0 Å². The van der Waals surface area contributed by atoms with Crippen molar-refractivity contribution in [2.24, 2.45) is 28.5 Å². The number of benzene rings is 2. The summed E-state index contributed by atoms with van der Waals surface area (Å²) in [5, 5.41) is 1.88. The van der Waals surface area contributed by atoms with Gasteiger partial charge >= 0.3 is 0 Å². The highest BCUT2D eigenvalue weighted by atomic mass is 16.5. The number of rotatable bonds is 9. The number of carbonyl (C=O) groups excluding carboxylic acids is 1. The second kappa shape index (κ2) is 11.4. The van der Waals surface area contributed by atoms with Crippen molar-refractivity contribution in [2.45, 2.75) is 58.5 Å². The molecule has 0 unspecified atom stereocenters. The lowest BCUT2D eigenvalue weighted by atomic mass is 9.86. The molecule has 200 valence electrons. The van der Waals surface area contributed by atoms with Crippen molar-refractivity contribution in [2.75, 3.05) is 7.05 Å². The van der Waals surface area contributed by atoms with Gasteiger partial charge in [-0.1, -0.05) is 43.5 Å². The van der Waals surface area contributed by atoms with Gasteiger partial charge in [-0.2, -0.15) is 0 Å². The van der Waals surface area contributed by atoms with E-state index in [0.717, 1.165) is 40.4 Å². The van der Waals surface area contributed by atoms with E-state index in [4.69, 9.17) is 15.5 Å². The molecule has 2 aromatic rings. The summed E-state index contributed by atoms with van der Waals surface area (Å²) in [6.45, 7) is 3.75. The van der Waals surface area contributed by atoms with Gasteiger partial charge in [-0.15, -0.1) is 5.53 Å². The molecular formula is C31H39N5O2. The first-order chi connectivity index (χ1) is 18.4. The maximum Gasteiger partial charge on any atom is 0.163 e. The molecule has 7 nitrogen and oxygen atoms in total. The van der Waals surface area contributed by atoms with Crippen molar-refractivity contribution < 1.29 is 9.53 Å². The molecule has 3 aliphatic rings. The second-order valence-electron chi connectivity index (χ2n) is 10.8. The van der Waals surface area contributed by atoms with Crippen molar-refractivity contribution in [1.82, 2.24) is 16.0 Å². The number of nitrogens with zero attached hydrogens (tertiary/aromatic N) is 2. The summed E-state index contributed by atoms with van der Waals surface area (Å²) in [7, 11) is 1.94. The first-order valence-corrected chi connectivity index (χ1v) is 13.8. The van der Waals surface area contributed by atoms with Crippen LogP contribution in [0.25, 0.3) is 11.1 Å². The maximum absolute atomic E-state index is 12.5. The average Bonchev–Trinajstić information content (AvgIpc) is 3.61. The molecule has 4 N–H and O–H groups in total. The fraction of sp³-hybridized carbons (Fsp3) is 0.419. The number of carbonyl (C=O) groups is 1. The molecule has 1 heterocycles. The van der Waals surface area contributed by atoms with Crippen LogP contribution in [0.3, 0.4) is 0 Å². The first kappa shape index (κ1) is 26.0. The molecule has 0 saturated heterocycles. The lowest BCUT2D eigenvalue weighted by Gasteiger charge is -2.28. The predicted molar refractivity (Wildman–Crippen MR) is 152 cm³/mol. The number of hydrogen-bond acceptors (Lipinski definition) is 7. The second-order valence-corrected chi connectivity index (χ2v) is 10.8. The van der Waals surface area contributed by atoms with Crippen LogP contribution in [0.5, 0.6) is 5.75 Å². The third-order valence-electron chi connectivity index (χ3n) is 7.97. The summed E-state index contributed by atoms with van der Waals surface area (Å²) in [6, 6.07) is 16.4. The minimum Gasteiger partial charge on any atom is -0.490 e. The van der Waals surface area contributed by atoms with Crippen molar-refractivity contribution >= 4 is 17.2 Å². The van der Waals surface area contributed by atoms with E-state index < -0.39 is 0 Å². The van der Waals surface area contributed by atoms with E-state index >= 15 is 0 Å². The van der Waals surface area contributed by atoms with Crippen molar-refractivity contribution in [3.8, 4) is 16.9 Å². The Bertz CT molecular complexity index is 1260. The Morgan fingerprint density at radius 1 is 1.13 bits per heavy atom. The Kier molecular flexibility index (Phi) is 7.84. The van der Waals surface area contributed by atoms with Gasteiger partial charge in [-0.3, -0.25) is 14.8 Å². The highest BCUT2D eigenvalue weighted by molar-refractivity contribution is 6.23. The van der Waals surface area contributed by atoms with Crippen LogP contribution in [0.1, 0.15) is 52.4 Å². The molecule has 2 fully saturated rings. The Labute approximate surface area is 225 Å². The summed E-state index contributed by atoms with van der Waals surface area (Å²) >= 11 is 0. The van der Waals surface area contributed by atoms with E-state index in [-0.39, 0.29) is 23.7 Å². The lowest BCUT2D eigenvalue weighted by Crippen LogP contribution is -2.33. The Morgan fingerprint density at radius 3 is 2.55 bits per heavy atom. The molecule has 0 bridgehead atoms. The van der Waals surface area contributed by atoms with Crippen LogP contribution >= 0.6 is 0 Å². The summed E-state index contributed by atoms with van der Waals surface area (Å²) in [6.07, 6.45) is 11.0. The predicted octanol–water partition coefficient (Wildman–Crippen LogP) is 5.64. The molecule has 0 spiro atoms. The molecule has 0 radical (unpaired) electrons. The molecular weight excluding hydrogens is 474 g/mol. The van der Waals surface area contributed by atoms with E-state index in [1.807, 2.05) is 42.5 Å².